The van der Waals surface area contributed by atoms with Crippen molar-refractivity contribution in [3.63, 3.8) is 0 Å². The van der Waals surface area contributed by atoms with Crippen LogP contribution in [0.5, 0.6) is 5.75 Å². The molecule has 0 spiro atoms. The van der Waals surface area contributed by atoms with E-state index in [4.69, 9.17) is 9.26 Å². The van der Waals surface area contributed by atoms with Crippen LogP contribution in [0.1, 0.15) is 85.0 Å². The lowest BCUT2D eigenvalue weighted by molar-refractivity contribution is -0.148. The van der Waals surface area contributed by atoms with Gasteiger partial charge in [0, 0.05) is 67.5 Å². The van der Waals surface area contributed by atoms with Crippen LogP contribution in [0.2, 0.25) is 0 Å². The predicted molar refractivity (Wildman–Crippen MR) is 221 cm³/mol. The quantitative estimate of drug-likeness (QED) is 0.103. The van der Waals surface area contributed by atoms with Crippen molar-refractivity contribution in [1.82, 2.24) is 25.2 Å². The number of benzene rings is 2. The fourth-order valence-corrected chi connectivity index (χ4v) is 11.0. The highest BCUT2D eigenvalue weighted by Gasteiger charge is 2.48. The number of para-hydroxylation sites is 1. The summed E-state index contributed by atoms with van der Waals surface area (Å²) < 4.78 is 42.4. The Morgan fingerprint density at radius 2 is 1.83 bits per heavy atom. The summed E-state index contributed by atoms with van der Waals surface area (Å²) in [5, 5.41) is 6.07. The number of nitrogens with one attached hydrogen (secondary N) is 2. The molecule has 0 aliphatic carbocycles. The minimum atomic E-state index is -4.44. The molecule has 2 aromatic heterocycles. The highest BCUT2D eigenvalue weighted by atomic mass is 32.1. The van der Waals surface area contributed by atoms with Crippen molar-refractivity contribution >= 4 is 58.3 Å². The Hall–Kier alpha value is -4.85. The average molecular weight is 833 g/mol. The second-order valence-electron chi connectivity index (χ2n) is 15.5. The molecule has 0 radical (unpaired) electrons. The minimum absolute atomic E-state index is 0.0278. The maximum Gasteiger partial charge on any atom is 0.355 e. The van der Waals surface area contributed by atoms with Gasteiger partial charge in [0.25, 0.3) is 5.91 Å². The second kappa shape index (κ2) is 17.6. The molecule has 5 heterocycles. The van der Waals surface area contributed by atoms with Crippen LogP contribution >= 0.6 is 18.9 Å². The zero-order chi connectivity index (χ0) is 41.1. The molecule has 0 bridgehead atoms. The van der Waals surface area contributed by atoms with E-state index in [0.29, 0.717) is 47.3 Å². The Kier molecular flexibility index (Phi) is 12.5. The number of alkyl halides is 1. The highest BCUT2D eigenvalue weighted by molar-refractivity contribution is 7.57. The summed E-state index contributed by atoms with van der Waals surface area (Å²) in [4.78, 5) is 64.6. The monoisotopic (exact) mass is 832 g/mol. The zero-order valence-corrected chi connectivity index (χ0v) is 34.8. The lowest BCUT2D eigenvalue weighted by atomic mass is 9.90. The van der Waals surface area contributed by atoms with Gasteiger partial charge in [-0.2, -0.15) is 0 Å². The number of halogens is 1. The molecule has 3 aliphatic rings. The van der Waals surface area contributed by atoms with E-state index in [1.165, 1.54) is 30.4 Å². The summed E-state index contributed by atoms with van der Waals surface area (Å²) in [6.45, 7) is 4.57. The van der Waals surface area contributed by atoms with E-state index in [1.54, 1.807) is 53.6 Å². The van der Waals surface area contributed by atoms with Gasteiger partial charge in [-0.1, -0.05) is 31.2 Å². The Labute approximate surface area is 341 Å². The van der Waals surface area contributed by atoms with Crippen LogP contribution in [0.3, 0.4) is 0 Å². The van der Waals surface area contributed by atoms with Crippen LogP contribution < -0.4 is 19.8 Å². The van der Waals surface area contributed by atoms with Crippen LogP contribution in [0, 0.1) is 0 Å². The van der Waals surface area contributed by atoms with Gasteiger partial charge in [-0.25, -0.2) is 9.48 Å². The van der Waals surface area contributed by atoms with Crippen LogP contribution in [0.15, 0.2) is 73.1 Å². The smallest absolute Gasteiger partial charge is 0.355 e. The van der Waals surface area contributed by atoms with E-state index < -0.39 is 43.4 Å². The summed E-state index contributed by atoms with van der Waals surface area (Å²) >= 11 is 1.19. The first kappa shape index (κ1) is 41.3. The van der Waals surface area contributed by atoms with Crippen LogP contribution in [0.4, 0.5) is 10.1 Å². The molecule has 3 fully saturated rings. The summed E-state index contributed by atoms with van der Waals surface area (Å²) in [6.07, 6.45) is 7.47. The largest absolute Gasteiger partial charge is 0.465 e. The topological polar surface area (TPSA) is 150 Å². The number of rotatable bonds is 14. The number of thiophene rings is 1. The van der Waals surface area contributed by atoms with Gasteiger partial charge in [0.15, 0.2) is 0 Å². The molecular weight excluding hydrogens is 783 g/mol. The number of hydrogen-bond acceptors (Lipinski definition) is 10. The number of aromatic nitrogens is 1. The van der Waals surface area contributed by atoms with E-state index >= 15 is 4.39 Å². The summed E-state index contributed by atoms with van der Waals surface area (Å²) in [6, 6.07) is 13.8. The fourth-order valence-electron chi connectivity index (χ4n) is 8.10. The molecule has 58 heavy (non-hydrogen) atoms. The van der Waals surface area contributed by atoms with Crippen molar-refractivity contribution in [1.29, 1.82) is 0 Å². The zero-order valence-electron chi connectivity index (χ0n) is 33.1. The number of anilines is 1. The third-order valence-electron chi connectivity index (χ3n) is 11.1. The number of esters is 1. The van der Waals surface area contributed by atoms with Crippen LogP contribution in [0.25, 0.3) is 10.1 Å². The maximum atomic E-state index is 16.5. The molecule has 308 valence electrons. The van der Waals surface area contributed by atoms with Gasteiger partial charge in [0.05, 0.1) is 11.5 Å². The van der Waals surface area contributed by atoms with Gasteiger partial charge < -0.3 is 29.3 Å². The number of likely N-dealkylation sites (tertiary alicyclic amines) is 1. The molecule has 2 aromatic carbocycles. The summed E-state index contributed by atoms with van der Waals surface area (Å²) in [5.41, 5.74) is 2.20. The Bertz CT molecular complexity index is 2200. The van der Waals surface area contributed by atoms with Crippen molar-refractivity contribution < 1.29 is 37.4 Å². The first-order valence-electron chi connectivity index (χ1n) is 19.9. The van der Waals surface area contributed by atoms with Crippen molar-refractivity contribution in [2.45, 2.75) is 88.4 Å². The lowest BCUT2D eigenvalue weighted by Crippen LogP contribution is -2.58. The number of fused-ring (bicyclic) bond motifs is 2. The summed E-state index contributed by atoms with van der Waals surface area (Å²) in [7, 11) is -0.469. The second-order valence-corrected chi connectivity index (χ2v) is 18.7. The molecule has 3 saturated heterocycles. The van der Waals surface area contributed by atoms with E-state index in [9.17, 15) is 23.7 Å². The molecule has 3 aliphatic heterocycles. The first-order valence-corrected chi connectivity index (χ1v) is 22.4. The van der Waals surface area contributed by atoms with Gasteiger partial charge >= 0.3 is 13.5 Å². The van der Waals surface area contributed by atoms with E-state index in [0.717, 1.165) is 30.5 Å². The third kappa shape index (κ3) is 8.62. The van der Waals surface area contributed by atoms with E-state index in [2.05, 4.69) is 15.4 Å². The number of amides is 3. The van der Waals surface area contributed by atoms with Crippen molar-refractivity contribution in [3.05, 3.63) is 89.1 Å². The molecule has 2 N–H and O–H groups in total. The fraction of sp³-hybridized carbons (Fsp3) is 0.452. The lowest BCUT2D eigenvalue weighted by Gasteiger charge is -2.43. The van der Waals surface area contributed by atoms with Crippen molar-refractivity contribution in [2.75, 3.05) is 38.7 Å². The van der Waals surface area contributed by atoms with Gasteiger partial charge in [0.2, 0.25) is 17.7 Å². The highest BCUT2D eigenvalue weighted by Crippen LogP contribution is 2.58. The van der Waals surface area contributed by atoms with Crippen LogP contribution in [-0.4, -0.2) is 96.4 Å². The molecule has 13 nitrogen and oxygen atoms in total. The SMILES string of the molecule is CCCOC(=O)[C@H](C)NP(=O)(Oc1ccccc1)[C@@H](F)c1ccc2sc(C(=O)N[C@H]3CCC[C@H]4CC[C@@H](C(=O)N5CC(c6cnccc6N(C)C)C5)N4C3=O)cc2c1. The molecule has 6 atom stereocenters. The Morgan fingerprint density at radius 3 is 2.57 bits per heavy atom. The molecule has 3 amide bonds. The number of ether oxygens (including phenoxy) is 1. The Morgan fingerprint density at radius 1 is 1.05 bits per heavy atom. The molecule has 7 rings (SSSR count). The average Bonchev–Trinajstić information content (AvgIpc) is 3.79. The van der Waals surface area contributed by atoms with Gasteiger partial charge in [-0.15, -0.1) is 11.3 Å². The number of pyridine rings is 1. The van der Waals surface area contributed by atoms with Gasteiger partial charge in [-0.05, 0) is 92.8 Å². The molecule has 4 aromatic rings. The summed E-state index contributed by atoms with van der Waals surface area (Å²) in [5.74, 6) is -3.30. The van der Waals surface area contributed by atoms with Gasteiger partial charge in [-0.3, -0.25) is 28.7 Å². The molecule has 16 heteroatoms. The predicted octanol–water partition coefficient (Wildman–Crippen LogP) is 6.80. The molecular formula is C42H50FN6O7PS. The molecule has 0 saturated carbocycles. The van der Waals surface area contributed by atoms with Crippen LogP contribution in [-0.2, 0) is 23.7 Å². The standard InChI is InChI=1S/C42H50FN6O7PS/c1-5-20-55-42(53)26(2)46-57(54,56-31-11-7-6-8-12-31)38(43)27-14-17-36-28(21-27)22-37(58-36)39(50)45-33-13-9-10-30-15-16-35(49(30)40(33)51)41(52)48-24-29(25-48)32-23-44-19-18-34(32)47(3)4/h6-8,11-12,14,17-19,21-23,26,29-30,33,35,38H,5,9-10,13,15-16,20,24-25H2,1-4H3,(H,45,50)(H,46,54)/t26-,30-,33-,35-,38+,57?/m0/s1. The normalized spacial score (nSPS) is 21.6. The number of carbonyl (C=O) groups is 4. The van der Waals surface area contributed by atoms with Crippen molar-refractivity contribution in [3.8, 4) is 5.75 Å². The number of carbonyl (C=O) groups excluding carboxylic acids is 4. The van der Waals surface area contributed by atoms with E-state index in [-0.39, 0.29) is 41.7 Å². The number of hydrogen-bond donors (Lipinski definition) is 2. The first-order chi connectivity index (χ1) is 27.9. The molecule has 1 unspecified atom stereocenters. The Balaban J connectivity index is 1.03. The van der Waals surface area contributed by atoms with Gasteiger partial charge in [0.1, 0.15) is 23.9 Å². The maximum absolute atomic E-state index is 16.5. The minimum Gasteiger partial charge on any atom is -0.465 e. The van der Waals surface area contributed by atoms with Crippen molar-refractivity contribution in [2.24, 2.45) is 0 Å². The third-order valence-corrected chi connectivity index (χ3v) is 14.4. The van der Waals surface area contributed by atoms with E-state index in [1.807, 2.05) is 43.1 Å². The number of nitrogens with zero attached hydrogens (tertiary/aromatic N) is 4.